The van der Waals surface area contributed by atoms with Crippen molar-refractivity contribution in [3.8, 4) is 0 Å². The van der Waals surface area contributed by atoms with E-state index in [4.69, 9.17) is 4.52 Å². The molecule has 1 amide bonds. The van der Waals surface area contributed by atoms with Crippen molar-refractivity contribution in [1.29, 1.82) is 0 Å². The van der Waals surface area contributed by atoms with E-state index < -0.39 is 16.1 Å². The van der Waals surface area contributed by atoms with Crippen molar-refractivity contribution in [1.82, 2.24) is 19.3 Å². The normalized spacial score (nSPS) is 18.2. The predicted molar refractivity (Wildman–Crippen MR) is 94.0 cm³/mol. The second-order valence-corrected chi connectivity index (χ2v) is 8.19. The van der Waals surface area contributed by atoms with E-state index in [0.29, 0.717) is 43.2 Å². The van der Waals surface area contributed by atoms with E-state index in [2.05, 4.69) is 10.1 Å². The fraction of sp³-hybridized carbons (Fsp3) is 0.471. The summed E-state index contributed by atoms with van der Waals surface area (Å²) in [4.78, 5) is 18.2. The standard InChI is InChI=1S/C17H22N4O4S/c1-4-20(3)17(22)13-7-5-8-14(11-13)26(23,24)21-10-6-9-15(21)16-18-12(2)19-25-16/h5,7-8,11,15H,4,6,9-10H2,1-3H3/t15-/m0/s1. The maximum absolute atomic E-state index is 13.2. The zero-order valence-electron chi connectivity index (χ0n) is 15.0. The molecule has 0 radical (unpaired) electrons. The van der Waals surface area contributed by atoms with Crippen LogP contribution in [0, 0.1) is 6.92 Å². The van der Waals surface area contributed by atoms with Crippen molar-refractivity contribution in [2.75, 3.05) is 20.1 Å². The van der Waals surface area contributed by atoms with Gasteiger partial charge in [-0.05, 0) is 44.9 Å². The van der Waals surface area contributed by atoms with Gasteiger partial charge in [-0.1, -0.05) is 11.2 Å². The fourth-order valence-electron chi connectivity index (χ4n) is 3.01. The van der Waals surface area contributed by atoms with E-state index in [9.17, 15) is 13.2 Å². The molecule has 1 aliphatic heterocycles. The Morgan fingerprint density at radius 1 is 1.42 bits per heavy atom. The van der Waals surface area contributed by atoms with Gasteiger partial charge in [-0.15, -0.1) is 0 Å². The quantitative estimate of drug-likeness (QED) is 0.789. The molecule has 0 spiro atoms. The maximum atomic E-state index is 13.2. The first-order chi connectivity index (χ1) is 12.3. The zero-order valence-corrected chi connectivity index (χ0v) is 15.9. The van der Waals surface area contributed by atoms with E-state index in [0.717, 1.165) is 0 Å². The average Bonchev–Trinajstić information content (AvgIpc) is 3.29. The molecule has 9 heteroatoms. The van der Waals surface area contributed by atoms with Crippen molar-refractivity contribution in [3.05, 3.63) is 41.5 Å². The Hall–Kier alpha value is -2.26. The summed E-state index contributed by atoms with van der Waals surface area (Å²) >= 11 is 0. The summed E-state index contributed by atoms with van der Waals surface area (Å²) in [5.41, 5.74) is 0.347. The third kappa shape index (κ3) is 3.36. The number of sulfonamides is 1. The number of aryl methyl sites for hydroxylation is 1. The van der Waals surface area contributed by atoms with Crippen LogP contribution in [0.4, 0.5) is 0 Å². The monoisotopic (exact) mass is 378 g/mol. The van der Waals surface area contributed by atoms with E-state index in [-0.39, 0.29) is 10.8 Å². The lowest BCUT2D eigenvalue weighted by Crippen LogP contribution is -2.31. The average molecular weight is 378 g/mol. The Bertz CT molecular complexity index is 909. The van der Waals surface area contributed by atoms with Gasteiger partial charge in [0.05, 0.1) is 4.90 Å². The highest BCUT2D eigenvalue weighted by Crippen LogP contribution is 2.35. The molecule has 0 aliphatic carbocycles. The van der Waals surface area contributed by atoms with Gasteiger partial charge in [0.2, 0.25) is 15.9 Å². The molecule has 2 heterocycles. The van der Waals surface area contributed by atoms with Crippen LogP contribution >= 0.6 is 0 Å². The first-order valence-corrected chi connectivity index (χ1v) is 9.96. The number of aromatic nitrogens is 2. The lowest BCUT2D eigenvalue weighted by atomic mass is 10.2. The van der Waals surface area contributed by atoms with Crippen LogP contribution in [0.3, 0.4) is 0 Å². The topological polar surface area (TPSA) is 96.6 Å². The van der Waals surface area contributed by atoms with E-state index in [1.54, 1.807) is 26.1 Å². The van der Waals surface area contributed by atoms with Crippen molar-refractivity contribution in [2.24, 2.45) is 0 Å². The number of nitrogens with zero attached hydrogens (tertiary/aromatic N) is 4. The van der Waals surface area contributed by atoms with Gasteiger partial charge in [0.15, 0.2) is 5.82 Å². The summed E-state index contributed by atoms with van der Waals surface area (Å²) in [5.74, 6) is 0.566. The summed E-state index contributed by atoms with van der Waals surface area (Å²) in [6.07, 6.45) is 1.33. The molecule has 1 aliphatic rings. The molecule has 8 nitrogen and oxygen atoms in total. The number of hydrogen-bond donors (Lipinski definition) is 0. The summed E-state index contributed by atoms with van der Waals surface area (Å²) in [5, 5.41) is 3.76. The molecule has 0 N–H and O–H groups in total. The van der Waals surface area contributed by atoms with Gasteiger partial charge in [0.25, 0.3) is 5.91 Å². The molecule has 26 heavy (non-hydrogen) atoms. The molecule has 2 aromatic rings. The van der Waals surface area contributed by atoms with Crippen LogP contribution in [0.2, 0.25) is 0 Å². The first kappa shape index (κ1) is 18.5. The van der Waals surface area contributed by atoms with Gasteiger partial charge in [-0.2, -0.15) is 9.29 Å². The highest BCUT2D eigenvalue weighted by atomic mass is 32.2. The molecule has 0 saturated carbocycles. The number of carbonyl (C=O) groups is 1. The Morgan fingerprint density at radius 3 is 2.85 bits per heavy atom. The maximum Gasteiger partial charge on any atom is 0.253 e. The summed E-state index contributed by atoms with van der Waals surface area (Å²) in [6, 6.07) is 5.67. The van der Waals surface area contributed by atoms with Crippen LogP contribution in [-0.4, -0.2) is 53.8 Å². The third-order valence-corrected chi connectivity index (χ3v) is 6.44. The zero-order chi connectivity index (χ0) is 18.9. The SMILES string of the molecule is CCN(C)C(=O)c1cccc(S(=O)(=O)N2CCC[C@H]2c2nc(C)no2)c1. The molecule has 1 aromatic carbocycles. The van der Waals surface area contributed by atoms with Crippen LogP contribution in [0.15, 0.2) is 33.7 Å². The van der Waals surface area contributed by atoms with E-state index >= 15 is 0 Å². The highest BCUT2D eigenvalue weighted by molar-refractivity contribution is 7.89. The van der Waals surface area contributed by atoms with Crippen LogP contribution in [-0.2, 0) is 10.0 Å². The second-order valence-electron chi connectivity index (χ2n) is 6.30. The summed E-state index contributed by atoms with van der Waals surface area (Å²) in [7, 11) is -2.10. The number of carbonyl (C=O) groups excluding carboxylic acids is 1. The molecule has 3 rings (SSSR count). The molecule has 1 fully saturated rings. The van der Waals surface area contributed by atoms with E-state index in [1.165, 1.54) is 21.3 Å². The summed E-state index contributed by atoms with van der Waals surface area (Å²) in [6.45, 7) is 4.47. The Morgan fingerprint density at radius 2 is 2.19 bits per heavy atom. The first-order valence-electron chi connectivity index (χ1n) is 8.52. The molecular weight excluding hydrogens is 356 g/mol. The van der Waals surface area contributed by atoms with E-state index in [1.807, 2.05) is 6.92 Å². The minimum atomic E-state index is -3.78. The fourth-order valence-corrected chi connectivity index (χ4v) is 4.71. The van der Waals surface area contributed by atoms with Crippen molar-refractivity contribution in [2.45, 2.75) is 37.6 Å². The van der Waals surface area contributed by atoms with Crippen molar-refractivity contribution >= 4 is 15.9 Å². The van der Waals surface area contributed by atoms with Gasteiger partial charge < -0.3 is 9.42 Å². The molecular formula is C17H22N4O4S. The second kappa shape index (κ2) is 7.16. The van der Waals surface area contributed by atoms with Crippen LogP contribution < -0.4 is 0 Å². The molecule has 1 aromatic heterocycles. The third-order valence-electron chi connectivity index (χ3n) is 4.54. The van der Waals surface area contributed by atoms with Crippen molar-refractivity contribution in [3.63, 3.8) is 0 Å². The van der Waals surface area contributed by atoms with Gasteiger partial charge in [-0.25, -0.2) is 8.42 Å². The lowest BCUT2D eigenvalue weighted by Gasteiger charge is -2.22. The highest BCUT2D eigenvalue weighted by Gasteiger charge is 2.39. The Kier molecular flexibility index (Phi) is 5.10. The van der Waals surface area contributed by atoms with Gasteiger partial charge in [0, 0.05) is 25.7 Å². The molecule has 0 bridgehead atoms. The Labute approximate surface area is 152 Å². The minimum Gasteiger partial charge on any atom is -0.342 e. The largest absolute Gasteiger partial charge is 0.342 e. The number of benzene rings is 1. The summed E-state index contributed by atoms with van der Waals surface area (Å²) < 4.78 is 32.9. The minimum absolute atomic E-state index is 0.0935. The van der Waals surface area contributed by atoms with Gasteiger partial charge in [-0.3, -0.25) is 4.79 Å². The van der Waals surface area contributed by atoms with Crippen LogP contribution in [0.25, 0.3) is 0 Å². The van der Waals surface area contributed by atoms with Crippen LogP contribution in [0.5, 0.6) is 0 Å². The predicted octanol–water partition coefficient (Wildman–Crippen LogP) is 2.00. The molecule has 1 atom stereocenters. The van der Waals surface area contributed by atoms with Crippen LogP contribution in [0.1, 0.15) is 47.9 Å². The number of amides is 1. The molecule has 0 unspecified atom stereocenters. The van der Waals surface area contributed by atoms with Gasteiger partial charge >= 0.3 is 0 Å². The number of hydrogen-bond acceptors (Lipinski definition) is 6. The molecule has 1 saturated heterocycles. The number of rotatable bonds is 5. The lowest BCUT2D eigenvalue weighted by molar-refractivity contribution is 0.0802. The van der Waals surface area contributed by atoms with Crippen molar-refractivity contribution < 1.29 is 17.7 Å². The van der Waals surface area contributed by atoms with Gasteiger partial charge in [0.1, 0.15) is 6.04 Å². The molecule has 140 valence electrons. The Balaban J connectivity index is 1.94. The smallest absolute Gasteiger partial charge is 0.253 e.